The van der Waals surface area contributed by atoms with Gasteiger partial charge in [0.15, 0.2) is 5.96 Å². The van der Waals surface area contributed by atoms with Crippen molar-refractivity contribution in [3.63, 3.8) is 0 Å². The first-order valence-corrected chi connectivity index (χ1v) is 7.82. The molecule has 1 aromatic rings. The van der Waals surface area contributed by atoms with Gasteiger partial charge >= 0.3 is 0 Å². The quantitative estimate of drug-likeness (QED) is 0.393. The Kier molecular flexibility index (Phi) is 9.78. The predicted octanol–water partition coefficient (Wildman–Crippen LogP) is 1.96. The summed E-state index contributed by atoms with van der Waals surface area (Å²) in [5, 5.41) is 6.49. The van der Waals surface area contributed by atoms with E-state index in [0.29, 0.717) is 12.4 Å². The predicted molar refractivity (Wildman–Crippen MR) is 89.3 cm³/mol. The van der Waals surface area contributed by atoms with Gasteiger partial charge in [-0.2, -0.15) is 0 Å². The van der Waals surface area contributed by atoms with Gasteiger partial charge in [0.2, 0.25) is 5.88 Å². The third-order valence-electron chi connectivity index (χ3n) is 3.05. The summed E-state index contributed by atoms with van der Waals surface area (Å²) in [5.74, 6) is 1.38. The molecule has 0 aliphatic rings. The van der Waals surface area contributed by atoms with Crippen molar-refractivity contribution in [2.24, 2.45) is 4.99 Å². The van der Waals surface area contributed by atoms with Crippen molar-refractivity contribution in [3.05, 3.63) is 23.9 Å². The molecule has 6 heteroatoms. The molecule has 0 aliphatic heterocycles. The molecule has 0 aromatic carbocycles. The summed E-state index contributed by atoms with van der Waals surface area (Å²) in [5.41, 5.74) is 0.908. The first-order chi connectivity index (χ1) is 10.8. The lowest BCUT2D eigenvalue weighted by Gasteiger charge is -2.12. The molecule has 22 heavy (non-hydrogen) atoms. The van der Waals surface area contributed by atoms with Crippen LogP contribution in [0.3, 0.4) is 0 Å². The van der Waals surface area contributed by atoms with Crippen molar-refractivity contribution in [2.75, 3.05) is 33.9 Å². The summed E-state index contributed by atoms with van der Waals surface area (Å²) < 4.78 is 10.6. The van der Waals surface area contributed by atoms with Crippen LogP contribution in [0.4, 0.5) is 0 Å². The van der Waals surface area contributed by atoms with E-state index in [0.717, 1.165) is 44.3 Å². The van der Waals surface area contributed by atoms with Crippen LogP contribution >= 0.6 is 0 Å². The van der Waals surface area contributed by atoms with Crippen LogP contribution in [0.2, 0.25) is 0 Å². The fraction of sp³-hybridized carbons (Fsp3) is 0.625. The van der Waals surface area contributed by atoms with Gasteiger partial charge in [-0.15, -0.1) is 0 Å². The number of unbranched alkanes of at least 4 members (excludes halogenated alkanes) is 1. The zero-order valence-electron chi connectivity index (χ0n) is 13.9. The Morgan fingerprint density at radius 1 is 1.23 bits per heavy atom. The number of guanidine groups is 1. The molecule has 0 unspecified atom stereocenters. The Morgan fingerprint density at radius 2 is 2.05 bits per heavy atom. The summed E-state index contributed by atoms with van der Waals surface area (Å²) in [6, 6.07) is 5.70. The molecule has 0 spiro atoms. The van der Waals surface area contributed by atoms with Crippen LogP contribution in [0.5, 0.6) is 5.88 Å². The zero-order chi connectivity index (χ0) is 16.0. The molecule has 0 atom stereocenters. The summed E-state index contributed by atoms with van der Waals surface area (Å²) in [4.78, 5) is 8.54. The van der Waals surface area contributed by atoms with E-state index < -0.39 is 0 Å². The van der Waals surface area contributed by atoms with E-state index in [2.05, 4.69) is 27.5 Å². The lowest BCUT2D eigenvalue weighted by molar-refractivity contribution is 0.129. The first-order valence-electron chi connectivity index (χ1n) is 7.82. The molecule has 124 valence electrons. The van der Waals surface area contributed by atoms with Crippen molar-refractivity contribution in [2.45, 2.75) is 32.7 Å². The van der Waals surface area contributed by atoms with Gasteiger partial charge in [-0.25, -0.2) is 4.98 Å². The molecule has 0 aliphatic carbocycles. The van der Waals surface area contributed by atoms with E-state index in [1.54, 1.807) is 14.2 Å². The summed E-state index contributed by atoms with van der Waals surface area (Å²) in [7, 11) is 3.37. The van der Waals surface area contributed by atoms with E-state index in [-0.39, 0.29) is 0 Å². The fourth-order valence-corrected chi connectivity index (χ4v) is 1.79. The van der Waals surface area contributed by atoms with Gasteiger partial charge < -0.3 is 20.1 Å². The van der Waals surface area contributed by atoms with Crippen LogP contribution in [-0.4, -0.2) is 44.9 Å². The van der Waals surface area contributed by atoms with E-state index >= 15 is 0 Å². The minimum atomic E-state index is 0.601. The number of ether oxygens (including phenoxy) is 2. The first kappa shape index (κ1) is 18.2. The number of methoxy groups -OCH3 is 1. The maximum absolute atomic E-state index is 5.52. The van der Waals surface area contributed by atoms with E-state index in [1.165, 1.54) is 6.42 Å². The Labute approximate surface area is 133 Å². The number of pyridine rings is 1. The smallest absolute Gasteiger partial charge is 0.213 e. The standard InChI is InChI=1S/C16H28N4O2/c1-4-5-11-22-12-7-10-18-16(17-2)19-13-14-8-6-9-15(20-14)21-3/h6,8-9H,4-5,7,10-13H2,1-3H3,(H2,17,18,19). The topological polar surface area (TPSA) is 67.8 Å². The Hall–Kier alpha value is -1.82. The second-order valence-electron chi connectivity index (χ2n) is 4.84. The highest BCUT2D eigenvalue weighted by Gasteiger charge is 2.00. The summed E-state index contributed by atoms with van der Waals surface area (Å²) in [6.07, 6.45) is 3.26. The third kappa shape index (κ3) is 7.83. The molecular weight excluding hydrogens is 280 g/mol. The van der Waals surface area contributed by atoms with Crippen LogP contribution in [0, 0.1) is 0 Å². The number of aliphatic imine (C=N–C) groups is 1. The molecule has 0 bridgehead atoms. The van der Waals surface area contributed by atoms with Gasteiger partial charge in [-0.1, -0.05) is 19.4 Å². The molecule has 0 fully saturated rings. The fourth-order valence-electron chi connectivity index (χ4n) is 1.79. The summed E-state index contributed by atoms with van der Waals surface area (Å²) in [6.45, 7) is 5.23. The van der Waals surface area contributed by atoms with E-state index in [1.807, 2.05) is 18.2 Å². The maximum Gasteiger partial charge on any atom is 0.213 e. The van der Waals surface area contributed by atoms with Crippen LogP contribution in [-0.2, 0) is 11.3 Å². The molecule has 0 saturated carbocycles. The van der Waals surface area contributed by atoms with Gasteiger partial charge in [-0.05, 0) is 18.9 Å². The highest BCUT2D eigenvalue weighted by atomic mass is 16.5. The van der Waals surface area contributed by atoms with Gasteiger partial charge in [0.1, 0.15) is 0 Å². The number of nitrogens with zero attached hydrogens (tertiary/aromatic N) is 2. The van der Waals surface area contributed by atoms with E-state index in [4.69, 9.17) is 9.47 Å². The monoisotopic (exact) mass is 308 g/mol. The van der Waals surface area contributed by atoms with Gasteiger partial charge in [0, 0.05) is 32.9 Å². The maximum atomic E-state index is 5.52. The molecule has 0 radical (unpaired) electrons. The molecule has 2 N–H and O–H groups in total. The number of hydrogen-bond donors (Lipinski definition) is 2. The largest absolute Gasteiger partial charge is 0.481 e. The van der Waals surface area contributed by atoms with Crippen LogP contribution in [0.25, 0.3) is 0 Å². The molecule has 1 aromatic heterocycles. The molecule has 1 heterocycles. The third-order valence-corrected chi connectivity index (χ3v) is 3.05. The highest BCUT2D eigenvalue weighted by molar-refractivity contribution is 5.79. The normalized spacial score (nSPS) is 11.3. The highest BCUT2D eigenvalue weighted by Crippen LogP contribution is 2.05. The number of hydrogen-bond acceptors (Lipinski definition) is 4. The van der Waals surface area contributed by atoms with Gasteiger partial charge in [0.25, 0.3) is 0 Å². The van der Waals surface area contributed by atoms with Crippen molar-refractivity contribution in [3.8, 4) is 5.88 Å². The average molecular weight is 308 g/mol. The minimum absolute atomic E-state index is 0.601. The summed E-state index contributed by atoms with van der Waals surface area (Å²) >= 11 is 0. The Bertz CT molecular complexity index is 438. The number of nitrogens with one attached hydrogen (secondary N) is 2. The molecule has 6 nitrogen and oxygen atoms in total. The van der Waals surface area contributed by atoms with Crippen molar-refractivity contribution < 1.29 is 9.47 Å². The number of aromatic nitrogens is 1. The molecular formula is C16H28N4O2. The zero-order valence-corrected chi connectivity index (χ0v) is 13.9. The van der Waals surface area contributed by atoms with Crippen molar-refractivity contribution in [1.29, 1.82) is 0 Å². The second-order valence-corrected chi connectivity index (χ2v) is 4.84. The SMILES string of the molecule is CCCCOCCCNC(=NC)NCc1cccc(OC)n1. The molecule has 0 amide bonds. The average Bonchev–Trinajstić information content (AvgIpc) is 2.57. The Morgan fingerprint density at radius 3 is 2.77 bits per heavy atom. The van der Waals surface area contributed by atoms with Gasteiger partial charge in [0.05, 0.1) is 19.3 Å². The van der Waals surface area contributed by atoms with Crippen LogP contribution in [0.1, 0.15) is 31.9 Å². The number of rotatable bonds is 10. The van der Waals surface area contributed by atoms with E-state index in [9.17, 15) is 0 Å². The van der Waals surface area contributed by atoms with Gasteiger partial charge in [-0.3, -0.25) is 4.99 Å². The van der Waals surface area contributed by atoms with Crippen molar-refractivity contribution >= 4 is 5.96 Å². The molecule has 1 rings (SSSR count). The molecule has 0 saturated heterocycles. The van der Waals surface area contributed by atoms with Crippen LogP contribution < -0.4 is 15.4 Å². The van der Waals surface area contributed by atoms with Crippen molar-refractivity contribution in [1.82, 2.24) is 15.6 Å². The lowest BCUT2D eigenvalue weighted by Crippen LogP contribution is -2.37. The lowest BCUT2D eigenvalue weighted by atomic mass is 10.3. The Balaban J connectivity index is 2.19. The second kappa shape index (κ2) is 11.8. The van der Waals surface area contributed by atoms with Crippen LogP contribution in [0.15, 0.2) is 23.2 Å². The minimum Gasteiger partial charge on any atom is -0.481 e.